The second-order valence-electron chi connectivity index (χ2n) is 7.33. The summed E-state index contributed by atoms with van der Waals surface area (Å²) in [5.41, 5.74) is 2.69. The third-order valence-corrected chi connectivity index (χ3v) is 5.56. The molecule has 2 aliphatic carbocycles. The molecule has 0 radical (unpaired) electrons. The summed E-state index contributed by atoms with van der Waals surface area (Å²) in [6.07, 6.45) is 7.70. The maximum Gasteiger partial charge on any atom is 0.228 e. The maximum atomic E-state index is 5.22. The van der Waals surface area contributed by atoms with Crippen molar-refractivity contribution in [1.29, 1.82) is 0 Å². The van der Waals surface area contributed by atoms with Crippen molar-refractivity contribution in [3.05, 3.63) is 29.3 Å². The van der Waals surface area contributed by atoms with E-state index in [0.29, 0.717) is 11.8 Å². The molecule has 0 bridgehead atoms. The first-order chi connectivity index (χ1) is 12.8. The van der Waals surface area contributed by atoms with E-state index in [0.717, 1.165) is 50.8 Å². The normalized spacial score (nSPS) is 19.6. The van der Waals surface area contributed by atoms with Crippen molar-refractivity contribution in [3.8, 4) is 5.88 Å². The molecule has 0 amide bonds. The second kappa shape index (κ2) is 6.37. The molecule has 7 nitrogen and oxygen atoms in total. The monoisotopic (exact) mass is 352 g/mol. The molecule has 3 heterocycles. The van der Waals surface area contributed by atoms with Gasteiger partial charge in [-0.2, -0.15) is 4.98 Å². The minimum absolute atomic E-state index is 0.603. The number of piperazine rings is 1. The SMILES string of the molecule is COc1ccnc(N2CCN(c3nc(C4CC4)nc4c3CCC4)CC2)n1. The Bertz CT molecular complexity index is 814. The number of anilines is 2. The Hall–Kier alpha value is -2.44. The Morgan fingerprint density at radius 2 is 1.81 bits per heavy atom. The number of fused-ring (bicyclic) bond motifs is 1. The zero-order chi connectivity index (χ0) is 17.5. The summed E-state index contributed by atoms with van der Waals surface area (Å²) in [4.78, 5) is 23.4. The van der Waals surface area contributed by atoms with Gasteiger partial charge in [0, 0.05) is 55.6 Å². The standard InChI is InChI=1S/C19H24N6O/c1-26-16-7-8-20-19(22-16)25-11-9-24(10-12-25)18-14-3-2-4-15(14)21-17(23-18)13-5-6-13/h7-8,13H,2-6,9-12H2,1H3. The number of ether oxygens (including phenoxy) is 1. The highest BCUT2D eigenvalue weighted by Crippen LogP contribution is 2.40. The largest absolute Gasteiger partial charge is 0.481 e. The van der Waals surface area contributed by atoms with Crippen molar-refractivity contribution in [1.82, 2.24) is 19.9 Å². The van der Waals surface area contributed by atoms with Gasteiger partial charge in [-0.1, -0.05) is 0 Å². The fourth-order valence-corrected chi connectivity index (χ4v) is 3.93. The van der Waals surface area contributed by atoms with Gasteiger partial charge in [0.25, 0.3) is 0 Å². The van der Waals surface area contributed by atoms with Gasteiger partial charge in [-0.25, -0.2) is 15.0 Å². The van der Waals surface area contributed by atoms with Crippen LogP contribution in [0.3, 0.4) is 0 Å². The zero-order valence-corrected chi connectivity index (χ0v) is 15.2. The van der Waals surface area contributed by atoms with Gasteiger partial charge in [-0.15, -0.1) is 0 Å². The van der Waals surface area contributed by atoms with E-state index in [1.807, 2.05) is 0 Å². The Balaban J connectivity index is 1.35. The van der Waals surface area contributed by atoms with E-state index in [1.165, 1.54) is 36.3 Å². The van der Waals surface area contributed by atoms with Crippen LogP contribution in [-0.2, 0) is 12.8 Å². The summed E-state index contributed by atoms with van der Waals surface area (Å²) in [7, 11) is 1.64. The summed E-state index contributed by atoms with van der Waals surface area (Å²) >= 11 is 0. The molecule has 5 rings (SSSR count). The Kier molecular flexibility index (Phi) is 3.87. The van der Waals surface area contributed by atoms with Crippen LogP contribution < -0.4 is 14.5 Å². The highest BCUT2D eigenvalue weighted by atomic mass is 16.5. The van der Waals surface area contributed by atoms with Crippen molar-refractivity contribution in [2.24, 2.45) is 0 Å². The smallest absolute Gasteiger partial charge is 0.228 e. The van der Waals surface area contributed by atoms with Crippen LogP contribution in [0.4, 0.5) is 11.8 Å². The molecule has 1 saturated carbocycles. The maximum absolute atomic E-state index is 5.22. The van der Waals surface area contributed by atoms with Crippen molar-refractivity contribution in [2.45, 2.75) is 38.0 Å². The van der Waals surface area contributed by atoms with Gasteiger partial charge in [0.1, 0.15) is 11.6 Å². The predicted octanol–water partition coefficient (Wildman–Crippen LogP) is 1.97. The highest BCUT2D eigenvalue weighted by Gasteiger charge is 2.31. The first-order valence-corrected chi connectivity index (χ1v) is 9.58. The van der Waals surface area contributed by atoms with Crippen LogP contribution in [0.25, 0.3) is 0 Å². The topological polar surface area (TPSA) is 67.3 Å². The summed E-state index contributed by atoms with van der Waals surface area (Å²) in [5, 5.41) is 0. The average molecular weight is 352 g/mol. The van der Waals surface area contributed by atoms with Crippen LogP contribution in [0.5, 0.6) is 5.88 Å². The van der Waals surface area contributed by atoms with Crippen LogP contribution in [0, 0.1) is 0 Å². The molecule has 0 unspecified atom stereocenters. The molecule has 0 spiro atoms. The number of aryl methyl sites for hydroxylation is 1. The van der Waals surface area contributed by atoms with Crippen LogP contribution in [0.2, 0.25) is 0 Å². The van der Waals surface area contributed by atoms with Crippen molar-refractivity contribution < 1.29 is 4.74 Å². The zero-order valence-electron chi connectivity index (χ0n) is 15.2. The number of rotatable bonds is 4. The van der Waals surface area contributed by atoms with Crippen LogP contribution >= 0.6 is 0 Å². The Labute approximate surface area is 153 Å². The number of hydrogen-bond acceptors (Lipinski definition) is 7. The van der Waals surface area contributed by atoms with Gasteiger partial charge < -0.3 is 14.5 Å². The summed E-state index contributed by atoms with van der Waals surface area (Å²) in [6, 6.07) is 1.78. The number of hydrogen-bond donors (Lipinski definition) is 0. The first-order valence-electron chi connectivity index (χ1n) is 9.58. The summed E-state index contributed by atoms with van der Waals surface area (Å²) < 4.78 is 5.22. The molecule has 7 heteroatoms. The minimum Gasteiger partial charge on any atom is -0.481 e. The van der Waals surface area contributed by atoms with Crippen molar-refractivity contribution in [2.75, 3.05) is 43.1 Å². The van der Waals surface area contributed by atoms with Gasteiger partial charge in [-0.3, -0.25) is 0 Å². The van der Waals surface area contributed by atoms with E-state index in [1.54, 1.807) is 19.4 Å². The number of nitrogens with zero attached hydrogens (tertiary/aromatic N) is 6. The van der Waals surface area contributed by atoms with Crippen LogP contribution in [0.15, 0.2) is 12.3 Å². The number of methoxy groups -OCH3 is 1. The van der Waals surface area contributed by atoms with Crippen LogP contribution in [-0.4, -0.2) is 53.2 Å². The van der Waals surface area contributed by atoms with E-state index in [2.05, 4.69) is 19.8 Å². The lowest BCUT2D eigenvalue weighted by Gasteiger charge is -2.36. The van der Waals surface area contributed by atoms with Gasteiger partial charge in [0.15, 0.2) is 0 Å². The molecule has 1 aliphatic heterocycles. The molecule has 2 aromatic rings. The summed E-state index contributed by atoms with van der Waals surface area (Å²) in [5.74, 6) is 4.24. The molecule has 26 heavy (non-hydrogen) atoms. The molecule has 1 saturated heterocycles. The molecule has 0 aromatic carbocycles. The Morgan fingerprint density at radius 3 is 2.58 bits per heavy atom. The fraction of sp³-hybridized carbons (Fsp3) is 0.579. The van der Waals surface area contributed by atoms with E-state index in [-0.39, 0.29) is 0 Å². The fourth-order valence-electron chi connectivity index (χ4n) is 3.93. The van der Waals surface area contributed by atoms with E-state index < -0.39 is 0 Å². The molecule has 0 N–H and O–H groups in total. The van der Waals surface area contributed by atoms with Crippen molar-refractivity contribution in [3.63, 3.8) is 0 Å². The van der Waals surface area contributed by atoms with E-state index >= 15 is 0 Å². The Morgan fingerprint density at radius 1 is 1.00 bits per heavy atom. The molecular weight excluding hydrogens is 328 g/mol. The number of aromatic nitrogens is 4. The molecule has 2 aromatic heterocycles. The lowest BCUT2D eigenvalue weighted by atomic mass is 10.2. The van der Waals surface area contributed by atoms with Crippen molar-refractivity contribution >= 4 is 11.8 Å². The molecule has 3 aliphatic rings. The predicted molar refractivity (Wildman–Crippen MR) is 99.0 cm³/mol. The van der Waals surface area contributed by atoms with Gasteiger partial charge >= 0.3 is 0 Å². The third kappa shape index (κ3) is 2.85. The first kappa shape index (κ1) is 15.8. The molecule has 2 fully saturated rings. The van der Waals surface area contributed by atoms with E-state index in [9.17, 15) is 0 Å². The molecule has 0 atom stereocenters. The third-order valence-electron chi connectivity index (χ3n) is 5.56. The van der Waals surface area contributed by atoms with Gasteiger partial charge in [0.05, 0.1) is 7.11 Å². The lowest BCUT2D eigenvalue weighted by molar-refractivity contribution is 0.396. The summed E-state index contributed by atoms with van der Waals surface area (Å²) in [6.45, 7) is 3.66. The lowest BCUT2D eigenvalue weighted by Crippen LogP contribution is -2.47. The highest BCUT2D eigenvalue weighted by molar-refractivity contribution is 5.53. The van der Waals surface area contributed by atoms with Crippen LogP contribution in [0.1, 0.15) is 42.3 Å². The van der Waals surface area contributed by atoms with Gasteiger partial charge in [0.2, 0.25) is 11.8 Å². The second-order valence-corrected chi connectivity index (χ2v) is 7.33. The van der Waals surface area contributed by atoms with Gasteiger partial charge in [-0.05, 0) is 32.1 Å². The quantitative estimate of drug-likeness (QED) is 0.833. The molecular formula is C19H24N6O. The molecule has 136 valence electrons. The van der Waals surface area contributed by atoms with E-state index in [4.69, 9.17) is 14.7 Å². The average Bonchev–Trinajstić information content (AvgIpc) is 3.45. The minimum atomic E-state index is 0.603.